The van der Waals surface area contributed by atoms with Crippen LogP contribution in [0, 0.1) is 12.7 Å². The molecule has 3 aromatic carbocycles. The van der Waals surface area contributed by atoms with E-state index in [1.165, 1.54) is 18.2 Å². The third-order valence-corrected chi connectivity index (χ3v) is 5.21. The number of hydrogen-bond donors (Lipinski definition) is 1. The van der Waals surface area contributed by atoms with Gasteiger partial charge in [-0.3, -0.25) is 9.59 Å². The molecular weight excluding hydrogens is 367 g/mol. The molecule has 0 atom stereocenters. The molecule has 0 bridgehead atoms. The van der Waals surface area contributed by atoms with Crippen LogP contribution in [0.25, 0.3) is 0 Å². The molecule has 4 nitrogen and oxygen atoms in total. The Kier molecular flexibility index (Phi) is 5.12. The minimum atomic E-state index is -0.444. The Hall–Kier alpha value is -3.47. The number of hydrogen-bond acceptors (Lipinski definition) is 2. The number of carbonyl (C=O) groups excluding carboxylic acids is 2. The predicted molar refractivity (Wildman–Crippen MR) is 111 cm³/mol. The van der Waals surface area contributed by atoms with Gasteiger partial charge in [-0.25, -0.2) is 4.39 Å². The van der Waals surface area contributed by atoms with Crippen molar-refractivity contribution in [2.75, 3.05) is 11.4 Å². The molecule has 0 unspecified atom stereocenters. The first kappa shape index (κ1) is 18.9. The lowest BCUT2D eigenvalue weighted by molar-refractivity contribution is 0.0948. The quantitative estimate of drug-likeness (QED) is 0.726. The Morgan fingerprint density at radius 1 is 1.03 bits per heavy atom. The molecule has 0 radical (unpaired) electrons. The molecule has 5 heteroatoms. The highest BCUT2D eigenvalue weighted by Gasteiger charge is 2.26. The lowest BCUT2D eigenvalue weighted by Crippen LogP contribution is -2.29. The van der Waals surface area contributed by atoms with Gasteiger partial charge in [0.2, 0.25) is 0 Å². The number of fused-ring (bicyclic) bond motifs is 1. The predicted octanol–water partition coefficient (Wildman–Crippen LogP) is 4.27. The average Bonchev–Trinajstić information content (AvgIpc) is 3.15. The number of rotatable bonds is 4. The molecule has 4 rings (SSSR count). The highest BCUT2D eigenvalue weighted by Crippen LogP contribution is 2.31. The molecule has 1 N–H and O–H groups in total. The van der Waals surface area contributed by atoms with E-state index < -0.39 is 5.82 Å². The van der Waals surface area contributed by atoms with Gasteiger partial charge in [0, 0.05) is 29.9 Å². The van der Waals surface area contributed by atoms with Gasteiger partial charge in [0.05, 0.1) is 0 Å². The van der Waals surface area contributed by atoms with Gasteiger partial charge in [0.15, 0.2) is 0 Å². The number of nitrogens with zero attached hydrogens (tertiary/aromatic N) is 1. The van der Waals surface area contributed by atoms with Gasteiger partial charge in [-0.2, -0.15) is 0 Å². The highest BCUT2D eigenvalue weighted by molar-refractivity contribution is 6.08. The highest BCUT2D eigenvalue weighted by atomic mass is 19.1. The number of amides is 2. The van der Waals surface area contributed by atoms with Crippen molar-refractivity contribution in [2.24, 2.45) is 0 Å². The maximum Gasteiger partial charge on any atom is 0.258 e. The summed E-state index contributed by atoms with van der Waals surface area (Å²) in [6.45, 7) is 2.87. The van der Waals surface area contributed by atoms with Crippen molar-refractivity contribution >= 4 is 17.5 Å². The van der Waals surface area contributed by atoms with Crippen LogP contribution in [0.4, 0.5) is 10.1 Å². The molecular formula is C24H21FN2O2. The van der Waals surface area contributed by atoms with E-state index in [4.69, 9.17) is 0 Å². The van der Waals surface area contributed by atoms with Crippen LogP contribution in [-0.4, -0.2) is 18.4 Å². The zero-order valence-electron chi connectivity index (χ0n) is 16.1. The maximum atomic E-state index is 13.3. The van der Waals surface area contributed by atoms with Crippen molar-refractivity contribution in [1.29, 1.82) is 0 Å². The summed E-state index contributed by atoms with van der Waals surface area (Å²) in [7, 11) is 0. The molecule has 2 amide bonds. The van der Waals surface area contributed by atoms with E-state index >= 15 is 0 Å². The number of carbonyl (C=O) groups is 2. The summed E-state index contributed by atoms with van der Waals surface area (Å²) < 4.78 is 13.3. The van der Waals surface area contributed by atoms with Crippen molar-refractivity contribution < 1.29 is 14.0 Å². The van der Waals surface area contributed by atoms with Gasteiger partial charge in [-0.15, -0.1) is 0 Å². The Labute approximate surface area is 169 Å². The second kappa shape index (κ2) is 7.87. The summed E-state index contributed by atoms with van der Waals surface area (Å²) >= 11 is 0. The van der Waals surface area contributed by atoms with Crippen LogP contribution in [0.5, 0.6) is 0 Å². The fourth-order valence-corrected chi connectivity index (χ4v) is 3.62. The third kappa shape index (κ3) is 3.90. The summed E-state index contributed by atoms with van der Waals surface area (Å²) in [4.78, 5) is 27.1. The van der Waals surface area contributed by atoms with Gasteiger partial charge in [-0.05, 0) is 60.4 Å². The van der Waals surface area contributed by atoms with Crippen LogP contribution < -0.4 is 10.2 Å². The van der Waals surface area contributed by atoms with Crippen LogP contribution in [0.1, 0.15) is 37.4 Å². The third-order valence-electron chi connectivity index (χ3n) is 5.21. The zero-order chi connectivity index (χ0) is 20.4. The van der Waals surface area contributed by atoms with Crippen molar-refractivity contribution in [3.63, 3.8) is 0 Å². The zero-order valence-corrected chi connectivity index (χ0v) is 16.1. The van der Waals surface area contributed by atoms with Crippen LogP contribution in [0.2, 0.25) is 0 Å². The molecule has 0 aromatic heterocycles. The molecule has 0 saturated heterocycles. The van der Waals surface area contributed by atoms with Crippen molar-refractivity contribution in [2.45, 2.75) is 19.9 Å². The van der Waals surface area contributed by atoms with Gasteiger partial charge < -0.3 is 10.2 Å². The Morgan fingerprint density at radius 3 is 2.66 bits per heavy atom. The molecule has 146 valence electrons. The second-order valence-corrected chi connectivity index (χ2v) is 7.18. The summed E-state index contributed by atoms with van der Waals surface area (Å²) in [5.74, 6) is -0.791. The van der Waals surface area contributed by atoms with E-state index in [0.717, 1.165) is 28.8 Å². The summed E-state index contributed by atoms with van der Waals surface area (Å²) in [6.07, 6.45) is 0.808. The maximum absolute atomic E-state index is 13.3. The standard InChI is InChI=1S/C24H21FN2O2/c1-16-5-2-3-8-21(16)24(29)27-12-11-18-10-9-17(13-22(18)27)15-26-23(28)19-6-4-7-20(25)14-19/h2-10,13-14H,11-12,15H2,1H3,(H,26,28). The second-order valence-electron chi connectivity index (χ2n) is 7.18. The fourth-order valence-electron chi connectivity index (χ4n) is 3.62. The monoisotopic (exact) mass is 388 g/mol. The Balaban J connectivity index is 1.51. The molecule has 1 aliphatic heterocycles. The molecule has 0 aliphatic carbocycles. The number of nitrogens with one attached hydrogen (secondary N) is 1. The van der Waals surface area contributed by atoms with E-state index in [1.807, 2.05) is 49.4 Å². The number of anilines is 1. The SMILES string of the molecule is Cc1ccccc1C(=O)N1CCc2ccc(CNC(=O)c3cccc(F)c3)cc21. The van der Waals surface area contributed by atoms with Gasteiger partial charge in [0.25, 0.3) is 11.8 Å². The average molecular weight is 388 g/mol. The molecule has 0 saturated carbocycles. The molecule has 1 aliphatic rings. The van der Waals surface area contributed by atoms with E-state index in [2.05, 4.69) is 5.32 Å². The lowest BCUT2D eigenvalue weighted by atomic mass is 10.1. The molecule has 3 aromatic rings. The van der Waals surface area contributed by atoms with E-state index in [9.17, 15) is 14.0 Å². The normalized spacial score (nSPS) is 12.6. The van der Waals surface area contributed by atoms with Crippen molar-refractivity contribution in [1.82, 2.24) is 5.32 Å². The van der Waals surface area contributed by atoms with E-state index in [0.29, 0.717) is 18.7 Å². The smallest absolute Gasteiger partial charge is 0.258 e. The first-order chi connectivity index (χ1) is 14.0. The summed E-state index contributed by atoms with van der Waals surface area (Å²) in [6, 6.07) is 19.1. The molecule has 1 heterocycles. The van der Waals surface area contributed by atoms with E-state index in [-0.39, 0.29) is 17.4 Å². The molecule has 29 heavy (non-hydrogen) atoms. The summed E-state index contributed by atoms with van der Waals surface area (Å²) in [5.41, 5.74) is 4.82. The van der Waals surface area contributed by atoms with Crippen molar-refractivity contribution in [3.8, 4) is 0 Å². The summed E-state index contributed by atoms with van der Waals surface area (Å²) in [5, 5.41) is 2.81. The number of halogens is 1. The lowest BCUT2D eigenvalue weighted by Gasteiger charge is -2.19. The largest absolute Gasteiger partial charge is 0.348 e. The first-order valence-electron chi connectivity index (χ1n) is 9.56. The van der Waals surface area contributed by atoms with Gasteiger partial charge >= 0.3 is 0 Å². The Bertz CT molecular complexity index is 1090. The fraction of sp³-hybridized carbons (Fsp3) is 0.167. The van der Waals surface area contributed by atoms with Crippen LogP contribution in [-0.2, 0) is 13.0 Å². The minimum Gasteiger partial charge on any atom is -0.348 e. The topological polar surface area (TPSA) is 49.4 Å². The number of benzene rings is 3. The van der Waals surface area contributed by atoms with Gasteiger partial charge in [0.1, 0.15) is 5.82 Å². The van der Waals surface area contributed by atoms with Crippen molar-refractivity contribution in [3.05, 3.63) is 100 Å². The van der Waals surface area contributed by atoms with E-state index in [1.54, 1.807) is 11.0 Å². The molecule has 0 spiro atoms. The minimum absolute atomic E-state index is 0.0113. The van der Waals surface area contributed by atoms with Crippen LogP contribution >= 0.6 is 0 Å². The van der Waals surface area contributed by atoms with Crippen LogP contribution in [0.3, 0.4) is 0 Å². The number of aryl methyl sites for hydroxylation is 1. The van der Waals surface area contributed by atoms with Gasteiger partial charge in [-0.1, -0.05) is 36.4 Å². The molecule has 0 fully saturated rings. The first-order valence-corrected chi connectivity index (χ1v) is 9.56. The van der Waals surface area contributed by atoms with Crippen LogP contribution in [0.15, 0.2) is 66.7 Å². The Morgan fingerprint density at radius 2 is 1.86 bits per heavy atom.